The van der Waals surface area contributed by atoms with Crippen LogP contribution in [0.25, 0.3) is 0 Å². The van der Waals surface area contributed by atoms with Gasteiger partial charge in [-0.15, -0.1) is 0 Å². The zero-order valence-corrected chi connectivity index (χ0v) is 14.9. The first kappa shape index (κ1) is 19.1. The summed E-state index contributed by atoms with van der Waals surface area (Å²) in [7, 11) is -2.10. The van der Waals surface area contributed by atoms with Crippen molar-refractivity contribution >= 4 is 15.9 Å². The number of rotatable bonds is 9. The molecule has 6 nitrogen and oxygen atoms in total. The maximum atomic E-state index is 12.4. The van der Waals surface area contributed by atoms with Gasteiger partial charge in [-0.3, -0.25) is 4.79 Å². The molecule has 0 unspecified atom stereocenters. The van der Waals surface area contributed by atoms with Crippen LogP contribution in [0, 0.1) is 0 Å². The van der Waals surface area contributed by atoms with Gasteiger partial charge in [0.25, 0.3) is 5.91 Å². The molecule has 7 heteroatoms. The molecular formula is C18H22N2O4S. The second-order valence-electron chi connectivity index (χ2n) is 5.44. The number of amides is 1. The molecule has 0 heterocycles. The maximum Gasteiger partial charge on any atom is 0.251 e. The standard InChI is InChI=1S/C18H22N2O4S/c1-24-12-6-11-19-18(21)16-9-5-10-17(13-16)25(22,23)20-14-15-7-3-2-4-8-15/h2-5,7-10,13,20H,6,11-12,14H2,1H3,(H,19,21). The summed E-state index contributed by atoms with van der Waals surface area (Å²) in [5, 5.41) is 2.74. The molecule has 2 aromatic rings. The van der Waals surface area contributed by atoms with E-state index in [2.05, 4.69) is 10.0 Å². The molecule has 1 amide bonds. The van der Waals surface area contributed by atoms with Gasteiger partial charge in [-0.25, -0.2) is 13.1 Å². The Morgan fingerprint density at radius 2 is 1.84 bits per heavy atom. The van der Waals surface area contributed by atoms with Crippen LogP contribution in [-0.4, -0.2) is 34.6 Å². The van der Waals surface area contributed by atoms with Crippen LogP contribution >= 0.6 is 0 Å². The second kappa shape index (κ2) is 9.31. The predicted molar refractivity (Wildman–Crippen MR) is 95.7 cm³/mol. The Hall–Kier alpha value is -2.22. The molecule has 2 rings (SSSR count). The lowest BCUT2D eigenvalue weighted by molar-refractivity contribution is 0.0948. The molecule has 134 valence electrons. The zero-order valence-electron chi connectivity index (χ0n) is 14.1. The van der Waals surface area contributed by atoms with Gasteiger partial charge < -0.3 is 10.1 Å². The fourth-order valence-electron chi connectivity index (χ4n) is 2.18. The SMILES string of the molecule is COCCCNC(=O)c1cccc(S(=O)(=O)NCc2ccccc2)c1. The average Bonchev–Trinajstić information content (AvgIpc) is 2.64. The molecule has 2 aromatic carbocycles. The van der Waals surface area contributed by atoms with E-state index >= 15 is 0 Å². The number of ether oxygens (including phenoxy) is 1. The molecule has 0 aromatic heterocycles. The van der Waals surface area contributed by atoms with Gasteiger partial charge >= 0.3 is 0 Å². The highest BCUT2D eigenvalue weighted by atomic mass is 32.2. The van der Waals surface area contributed by atoms with Gasteiger partial charge in [0.15, 0.2) is 0 Å². The van der Waals surface area contributed by atoms with Crippen LogP contribution in [0.15, 0.2) is 59.5 Å². The summed E-state index contributed by atoms with van der Waals surface area (Å²) in [5.74, 6) is -0.309. The number of methoxy groups -OCH3 is 1. The average molecular weight is 362 g/mol. The lowest BCUT2D eigenvalue weighted by atomic mass is 10.2. The fraction of sp³-hybridized carbons (Fsp3) is 0.278. The van der Waals surface area contributed by atoms with E-state index in [0.717, 1.165) is 5.56 Å². The summed E-state index contributed by atoms with van der Waals surface area (Å²) in [6, 6.07) is 15.2. The first-order valence-corrected chi connectivity index (χ1v) is 9.42. The summed E-state index contributed by atoms with van der Waals surface area (Å²) in [5.41, 5.74) is 1.16. The van der Waals surface area contributed by atoms with E-state index in [4.69, 9.17) is 4.74 Å². The molecule has 0 fully saturated rings. The Bertz CT molecular complexity index is 792. The van der Waals surface area contributed by atoms with E-state index in [-0.39, 0.29) is 17.3 Å². The van der Waals surface area contributed by atoms with E-state index in [1.807, 2.05) is 30.3 Å². The normalized spacial score (nSPS) is 11.2. The van der Waals surface area contributed by atoms with E-state index in [1.165, 1.54) is 12.1 Å². The highest BCUT2D eigenvalue weighted by Gasteiger charge is 2.16. The van der Waals surface area contributed by atoms with Gasteiger partial charge in [0.05, 0.1) is 4.90 Å². The van der Waals surface area contributed by atoms with Crippen LogP contribution < -0.4 is 10.0 Å². The summed E-state index contributed by atoms with van der Waals surface area (Å²) in [6.45, 7) is 1.21. The van der Waals surface area contributed by atoms with Gasteiger partial charge in [0, 0.05) is 32.4 Å². The van der Waals surface area contributed by atoms with Gasteiger partial charge in [-0.2, -0.15) is 0 Å². The van der Waals surface area contributed by atoms with Crippen LogP contribution in [-0.2, 0) is 21.3 Å². The van der Waals surface area contributed by atoms with Crippen molar-refractivity contribution in [3.63, 3.8) is 0 Å². The van der Waals surface area contributed by atoms with Crippen LogP contribution in [0.5, 0.6) is 0 Å². The van der Waals surface area contributed by atoms with Crippen molar-refractivity contribution in [3.8, 4) is 0 Å². The minimum atomic E-state index is -3.69. The first-order valence-electron chi connectivity index (χ1n) is 7.94. The highest BCUT2D eigenvalue weighted by molar-refractivity contribution is 7.89. The Balaban J connectivity index is 2.02. The number of sulfonamides is 1. The van der Waals surface area contributed by atoms with E-state index < -0.39 is 10.0 Å². The Labute approximate surface area is 148 Å². The van der Waals surface area contributed by atoms with Crippen molar-refractivity contribution in [1.29, 1.82) is 0 Å². The third-order valence-electron chi connectivity index (χ3n) is 3.53. The molecule has 0 aliphatic rings. The van der Waals surface area contributed by atoms with Crippen LogP contribution in [0.1, 0.15) is 22.3 Å². The second-order valence-corrected chi connectivity index (χ2v) is 7.21. The molecular weight excluding hydrogens is 340 g/mol. The molecule has 0 atom stereocenters. The van der Waals surface area contributed by atoms with Crippen LogP contribution in [0.4, 0.5) is 0 Å². The molecule has 0 aliphatic carbocycles. The molecule has 0 saturated heterocycles. The quantitative estimate of drug-likeness (QED) is 0.668. The summed E-state index contributed by atoms with van der Waals surface area (Å²) in [4.78, 5) is 12.2. The Morgan fingerprint density at radius 1 is 1.08 bits per heavy atom. The van der Waals surface area contributed by atoms with E-state index in [9.17, 15) is 13.2 Å². The van der Waals surface area contributed by atoms with Gasteiger partial charge in [0.2, 0.25) is 10.0 Å². The summed E-state index contributed by atoms with van der Waals surface area (Å²) < 4.78 is 32.3. The molecule has 25 heavy (non-hydrogen) atoms. The van der Waals surface area contributed by atoms with Crippen molar-refractivity contribution in [1.82, 2.24) is 10.0 Å². The van der Waals surface area contributed by atoms with Crippen LogP contribution in [0.2, 0.25) is 0 Å². The number of hydrogen-bond donors (Lipinski definition) is 2. The monoisotopic (exact) mass is 362 g/mol. The summed E-state index contributed by atoms with van der Waals surface area (Å²) >= 11 is 0. The van der Waals surface area contributed by atoms with Crippen molar-refractivity contribution in [2.45, 2.75) is 17.9 Å². The minimum absolute atomic E-state index is 0.0629. The Morgan fingerprint density at radius 3 is 2.56 bits per heavy atom. The van der Waals surface area contributed by atoms with Gasteiger partial charge in [-0.1, -0.05) is 36.4 Å². The zero-order chi connectivity index (χ0) is 18.1. The van der Waals surface area contributed by atoms with Crippen molar-refractivity contribution in [2.75, 3.05) is 20.3 Å². The number of benzene rings is 2. The number of nitrogens with one attached hydrogen (secondary N) is 2. The molecule has 0 spiro atoms. The molecule has 0 saturated carbocycles. The third kappa shape index (κ3) is 5.97. The van der Waals surface area contributed by atoms with Gasteiger partial charge in [0.1, 0.15) is 0 Å². The topological polar surface area (TPSA) is 84.5 Å². The van der Waals surface area contributed by atoms with Crippen molar-refractivity contribution in [2.24, 2.45) is 0 Å². The minimum Gasteiger partial charge on any atom is -0.385 e. The predicted octanol–water partition coefficient (Wildman–Crippen LogP) is 1.93. The summed E-state index contributed by atoms with van der Waals surface area (Å²) in [6.07, 6.45) is 0.693. The number of carbonyl (C=O) groups is 1. The number of carbonyl (C=O) groups excluding carboxylic acids is 1. The molecule has 0 bridgehead atoms. The smallest absolute Gasteiger partial charge is 0.251 e. The lowest BCUT2D eigenvalue weighted by Crippen LogP contribution is -2.26. The van der Waals surface area contributed by atoms with Gasteiger partial charge in [-0.05, 0) is 30.2 Å². The molecule has 0 radical (unpaired) electrons. The van der Waals surface area contributed by atoms with Crippen molar-refractivity contribution < 1.29 is 17.9 Å². The largest absolute Gasteiger partial charge is 0.385 e. The van der Waals surface area contributed by atoms with Crippen molar-refractivity contribution in [3.05, 3.63) is 65.7 Å². The molecule has 0 aliphatic heterocycles. The Kier molecular flexibility index (Phi) is 7.12. The fourth-order valence-corrected chi connectivity index (χ4v) is 3.25. The van der Waals surface area contributed by atoms with E-state index in [0.29, 0.717) is 25.1 Å². The first-order chi connectivity index (χ1) is 12.0. The third-order valence-corrected chi connectivity index (χ3v) is 4.93. The van der Waals surface area contributed by atoms with Crippen LogP contribution in [0.3, 0.4) is 0 Å². The molecule has 2 N–H and O–H groups in total. The maximum absolute atomic E-state index is 12.4. The lowest BCUT2D eigenvalue weighted by Gasteiger charge is -2.09. The number of hydrogen-bond acceptors (Lipinski definition) is 4. The highest BCUT2D eigenvalue weighted by Crippen LogP contribution is 2.12. The van der Waals surface area contributed by atoms with E-state index in [1.54, 1.807) is 19.2 Å².